The highest BCUT2D eigenvalue weighted by Crippen LogP contribution is 2.27. The van der Waals surface area contributed by atoms with Gasteiger partial charge in [-0.1, -0.05) is 64.6 Å². The smallest absolute Gasteiger partial charge is 0.253 e. The van der Waals surface area contributed by atoms with Crippen LogP contribution in [0.3, 0.4) is 0 Å². The summed E-state index contributed by atoms with van der Waals surface area (Å²) in [6, 6.07) is 15.7. The lowest BCUT2D eigenvalue weighted by molar-refractivity contribution is 0.0950. The van der Waals surface area contributed by atoms with Crippen molar-refractivity contribution in [3.63, 3.8) is 0 Å². The molecule has 6 nitrogen and oxygen atoms in total. The van der Waals surface area contributed by atoms with Crippen molar-refractivity contribution in [1.29, 1.82) is 0 Å². The molecule has 2 aliphatic heterocycles. The summed E-state index contributed by atoms with van der Waals surface area (Å²) in [5.41, 5.74) is 2.59. The fourth-order valence-corrected chi connectivity index (χ4v) is 6.04. The van der Waals surface area contributed by atoms with E-state index < -0.39 is 0 Å². The first-order valence-electron chi connectivity index (χ1n) is 13.2. The van der Waals surface area contributed by atoms with Crippen molar-refractivity contribution in [2.45, 2.75) is 32.0 Å². The third-order valence-corrected chi connectivity index (χ3v) is 8.80. The maximum Gasteiger partial charge on any atom is 0.253 e. The quantitative estimate of drug-likeness (QED) is 0.337. The van der Waals surface area contributed by atoms with Gasteiger partial charge in [0.15, 0.2) is 0 Å². The summed E-state index contributed by atoms with van der Waals surface area (Å²) in [7, 11) is 0. The van der Waals surface area contributed by atoms with E-state index in [9.17, 15) is 4.79 Å². The van der Waals surface area contributed by atoms with Crippen LogP contribution in [0, 0.1) is 0 Å². The molecule has 1 N–H and O–H groups in total. The molecule has 2 aromatic carbocycles. The van der Waals surface area contributed by atoms with Crippen molar-refractivity contribution in [2.75, 3.05) is 44.2 Å². The molecule has 2 fully saturated rings. The number of hydrogen-bond acceptors (Lipinski definition) is 5. The normalized spacial score (nSPS) is 17.4. The van der Waals surface area contributed by atoms with Crippen LogP contribution in [0.1, 0.15) is 34.3 Å². The van der Waals surface area contributed by atoms with Crippen LogP contribution in [0.2, 0.25) is 20.1 Å². The number of nitrogens with one attached hydrogen (secondary N) is 1. The maximum atomic E-state index is 12.7. The number of piperazine rings is 1. The number of amides is 1. The van der Waals surface area contributed by atoms with Crippen molar-refractivity contribution >= 4 is 58.1 Å². The topological polar surface area (TPSA) is 51.7 Å². The lowest BCUT2D eigenvalue weighted by Gasteiger charge is -2.43. The number of benzene rings is 2. The average Bonchev–Trinajstić information content (AvgIpc) is 2.95. The molecule has 39 heavy (non-hydrogen) atoms. The minimum atomic E-state index is -0.241. The molecule has 10 heteroatoms. The molecule has 1 aromatic heterocycles. The minimum absolute atomic E-state index is 0.241. The Bertz CT molecular complexity index is 1290. The van der Waals surface area contributed by atoms with Crippen LogP contribution in [0.4, 0.5) is 5.82 Å². The Morgan fingerprint density at radius 3 is 2.18 bits per heavy atom. The third-order valence-electron chi connectivity index (χ3n) is 7.53. The number of piperidine rings is 1. The summed E-state index contributed by atoms with van der Waals surface area (Å²) < 4.78 is 0. The van der Waals surface area contributed by atoms with Crippen molar-refractivity contribution < 1.29 is 4.79 Å². The molecular weight excluding hydrogens is 576 g/mol. The first-order valence-corrected chi connectivity index (χ1v) is 14.7. The highest BCUT2D eigenvalue weighted by Gasteiger charge is 2.28. The number of carbonyl (C=O) groups is 1. The van der Waals surface area contributed by atoms with E-state index >= 15 is 0 Å². The van der Waals surface area contributed by atoms with Crippen LogP contribution in [0.15, 0.2) is 54.7 Å². The first-order chi connectivity index (χ1) is 18.9. The Kier molecular flexibility index (Phi) is 9.54. The molecule has 2 aliphatic rings. The summed E-state index contributed by atoms with van der Waals surface area (Å²) in [5, 5.41) is 5.09. The molecular formula is C29H31Cl4N5O. The van der Waals surface area contributed by atoms with Crippen molar-refractivity contribution in [2.24, 2.45) is 0 Å². The molecule has 0 aliphatic carbocycles. The molecule has 1 amide bonds. The Morgan fingerprint density at radius 1 is 0.821 bits per heavy atom. The maximum absolute atomic E-state index is 12.7. The van der Waals surface area contributed by atoms with Gasteiger partial charge in [0.2, 0.25) is 0 Å². The van der Waals surface area contributed by atoms with E-state index in [0.29, 0.717) is 33.2 Å². The summed E-state index contributed by atoms with van der Waals surface area (Å²) in [4.78, 5) is 24.6. The van der Waals surface area contributed by atoms with Crippen molar-refractivity contribution in [3.8, 4) is 0 Å². The number of pyridine rings is 1. The largest absolute Gasteiger partial charge is 0.353 e. The van der Waals surface area contributed by atoms with Gasteiger partial charge in [-0.2, -0.15) is 0 Å². The molecule has 5 rings (SSSR count). The summed E-state index contributed by atoms with van der Waals surface area (Å²) in [6.45, 7) is 7.20. The molecule has 0 saturated carbocycles. The highest BCUT2D eigenvalue weighted by atomic mass is 35.5. The van der Waals surface area contributed by atoms with E-state index in [2.05, 4.69) is 37.1 Å². The Labute approximate surface area is 249 Å². The fourth-order valence-electron chi connectivity index (χ4n) is 5.31. The van der Waals surface area contributed by atoms with Gasteiger partial charge in [-0.05, 0) is 67.4 Å². The van der Waals surface area contributed by atoms with E-state index in [4.69, 9.17) is 46.4 Å². The first kappa shape index (κ1) is 28.5. The Morgan fingerprint density at radius 2 is 1.51 bits per heavy atom. The van der Waals surface area contributed by atoms with Gasteiger partial charge in [0.05, 0.1) is 20.6 Å². The predicted molar refractivity (Wildman–Crippen MR) is 160 cm³/mol. The van der Waals surface area contributed by atoms with Gasteiger partial charge in [-0.25, -0.2) is 4.98 Å². The van der Waals surface area contributed by atoms with Gasteiger partial charge in [-0.3, -0.25) is 14.6 Å². The second-order valence-corrected chi connectivity index (χ2v) is 11.8. The standard InChI is InChI=1S/C29H31Cl4N5O/c30-23-4-1-20(2-5-23)19-36-9-7-24(8-10-36)37-11-13-38(14-12-37)28-27(33)16-22(18-34-28)29(39)35-17-21-3-6-25(31)26(32)15-21/h1-6,15-16,18,24H,7-14,17,19H2,(H,35,39). The van der Waals surface area contributed by atoms with Crippen LogP contribution in [-0.4, -0.2) is 66.0 Å². The summed E-state index contributed by atoms with van der Waals surface area (Å²) in [6.07, 6.45) is 3.95. The number of halogens is 4. The molecule has 206 valence electrons. The summed E-state index contributed by atoms with van der Waals surface area (Å²) in [5.74, 6) is 0.490. The number of likely N-dealkylation sites (tertiary alicyclic amines) is 1. The number of rotatable bonds is 7. The van der Waals surface area contributed by atoms with Crippen molar-refractivity contribution in [1.82, 2.24) is 20.1 Å². The fraction of sp³-hybridized carbons (Fsp3) is 0.379. The molecule has 3 heterocycles. The number of hydrogen-bond donors (Lipinski definition) is 1. The second kappa shape index (κ2) is 13.1. The highest BCUT2D eigenvalue weighted by molar-refractivity contribution is 6.42. The lowest BCUT2D eigenvalue weighted by Crippen LogP contribution is -2.53. The third kappa shape index (κ3) is 7.37. The Balaban J connectivity index is 1.08. The molecule has 0 unspecified atom stereocenters. The van der Waals surface area contributed by atoms with Gasteiger partial charge in [0.1, 0.15) is 5.82 Å². The summed E-state index contributed by atoms with van der Waals surface area (Å²) >= 11 is 24.6. The van der Waals surface area contributed by atoms with Crippen molar-refractivity contribution in [3.05, 3.63) is 91.5 Å². The molecule has 0 radical (unpaired) electrons. The average molecular weight is 607 g/mol. The number of anilines is 1. The van der Waals surface area contributed by atoms with E-state index in [1.807, 2.05) is 18.2 Å². The monoisotopic (exact) mass is 605 g/mol. The van der Waals surface area contributed by atoms with Crippen LogP contribution < -0.4 is 10.2 Å². The molecule has 2 saturated heterocycles. The van der Waals surface area contributed by atoms with E-state index in [-0.39, 0.29) is 5.91 Å². The lowest BCUT2D eigenvalue weighted by atomic mass is 10.0. The molecule has 0 bridgehead atoms. The molecule has 0 spiro atoms. The van der Waals surface area contributed by atoms with Gasteiger partial charge in [0.25, 0.3) is 5.91 Å². The van der Waals surface area contributed by atoms with Gasteiger partial charge in [0, 0.05) is 56.5 Å². The van der Waals surface area contributed by atoms with Crippen LogP contribution >= 0.6 is 46.4 Å². The zero-order chi connectivity index (χ0) is 27.4. The van der Waals surface area contributed by atoms with Gasteiger partial charge < -0.3 is 10.2 Å². The second-order valence-electron chi connectivity index (χ2n) is 10.1. The number of nitrogens with zero attached hydrogens (tertiary/aromatic N) is 4. The molecule has 0 atom stereocenters. The van der Waals surface area contributed by atoms with E-state index in [1.165, 1.54) is 18.4 Å². The van der Waals surface area contributed by atoms with E-state index in [0.717, 1.165) is 62.2 Å². The van der Waals surface area contributed by atoms with Gasteiger partial charge in [-0.15, -0.1) is 0 Å². The number of carbonyl (C=O) groups excluding carboxylic acids is 1. The predicted octanol–water partition coefficient (Wildman–Crippen LogP) is 6.41. The van der Waals surface area contributed by atoms with Crippen LogP contribution in [-0.2, 0) is 13.1 Å². The molecule has 3 aromatic rings. The van der Waals surface area contributed by atoms with Crippen LogP contribution in [0.5, 0.6) is 0 Å². The zero-order valence-corrected chi connectivity index (χ0v) is 24.6. The van der Waals surface area contributed by atoms with Gasteiger partial charge >= 0.3 is 0 Å². The Hall–Kier alpha value is -2.06. The SMILES string of the molecule is O=C(NCc1ccc(Cl)c(Cl)c1)c1cnc(N2CCN(C3CCN(Cc4ccc(Cl)cc4)CC3)CC2)c(Cl)c1. The van der Waals surface area contributed by atoms with E-state index in [1.54, 1.807) is 24.4 Å². The zero-order valence-electron chi connectivity index (χ0n) is 21.6. The number of aromatic nitrogens is 1. The van der Waals surface area contributed by atoms with Crippen LogP contribution in [0.25, 0.3) is 0 Å². The minimum Gasteiger partial charge on any atom is -0.353 e.